The van der Waals surface area contributed by atoms with Gasteiger partial charge in [-0.25, -0.2) is 4.79 Å². The largest absolute Gasteiger partial charge is 0.481 e. The zero-order chi connectivity index (χ0) is 23.0. The molecule has 0 aromatic heterocycles. The van der Waals surface area contributed by atoms with E-state index in [1.807, 2.05) is 0 Å². The highest BCUT2D eigenvalue weighted by molar-refractivity contribution is 6.15. The smallest absolute Gasteiger partial charge is 0.326 e. The van der Waals surface area contributed by atoms with Gasteiger partial charge >= 0.3 is 11.9 Å². The van der Waals surface area contributed by atoms with Crippen LogP contribution in [0.5, 0.6) is 0 Å². The topological polar surface area (TPSA) is 207 Å². The number of aliphatic imine (C=N–C) groups is 1. The second-order valence-corrected chi connectivity index (χ2v) is 6.87. The summed E-state index contributed by atoms with van der Waals surface area (Å²) in [4.78, 5) is 49.6. The number of guanidine groups is 1. The van der Waals surface area contributed by atoms with Crippen LogP contribution in [-0.4, -0.2) is 58.3 Å². The molecule has 0 saturated carbocycles. The normalized spacial score (nSPS) is 16.6. The van der Waals surface area contributed by atoms with Crippen molar-refractivity contribution in [2.24, 2.45) is 16.6 Å². The Labute approximate surface area is 177 Å². The number of amidine groups is 1. The standard InChI is InChI=1S/C19H24N6O6/c20-15-12(17(29)25-19(21)24-15)2-1-9-22-11-5-3-10(4-6-11)16(28)23-13(18(30)31)7-8-14(26)27/h3-6,12-13,22H,1-2,7-9H2,(H,23,28)(H,26,27)(H,30,31)(H4,20,21,24,25,29)/t12?,13-/m0/s1. The molecule has 0 radical (unpaired) electrons. The van der Waals surface area contributed by atoms with Gasteiger partial charge in [0.1, 0.15) is 11.9 Å². The molecule has 0 spiro atoms. The van der Waals surface area contributed by atoms with Gasteiger partial charge in [0, 0.05) is 24.2 Å². The number of carboxylic acids is 2. The Balaban J connectivity index is 1.82. The zero-order valence-electron chi connectivity index (χ0n) is 16.6. The number of anilines is 1. The van der Waals surface area contributed by atoms with Gasteiger partial charge in [-0.1, -0.05) is 0 Å². The number of nitrogens with zero attached hydrogens (tertiary/aromatic N) is 1. The van der Waals surface area contributed by atoms with Gasteiger partial charge in [-0.2, -0.15) is 4.99 Å². The number of nitrogens with one attached hydrogen (secondary N) is 4. The van der Waals surface area contributed by atoms with Crippen LogP contribution < -0.4 is 21.7 Å². The molecule has 1 aromatic rings. The van der Waals surface area contributed by atoms with E-state index in [0.29, 0.717) is 25.1 Å². The fraction of sp³-hybridized carbons (Fsp3) is 0.368. The van der Waals surface area contributed by atoms with Crippen molar-refractivity contribution in [3.05, 3.63) is 29.8 Å². The zero-order valence-corrected chi connectivity index (χ0v) is 16.6. The molecule has 2 rings (SSSR count). The van der Waals surface area contributed by atoms with Crippen molar-refractivity contribution < 1.29 is 29.4 Å². The third-order valence-electron chi connectivity index (χ3n) is 4.55. The van der Waals surface area contributed by atoms with E-state index in [-0.39, 0.29) is 36.1 Å². The number of benzene rings is 1. The lowest BCUT2D eigenvalue weighted by Gasteiger charge is -2.20. The number of rotatable bonds is 11. The molecular weight excluding hydrogens is 408 g/mol. The van der Waals surface area contributed by atoms with Crippen molar-refractivity contribution in [1.82, 2.24) is 10.6 Å². The van der Waals surface area contributed by atoms with Crippen molar-refractivity contribution in [2.75, 3.05) is 11.9 Å². The summed E-state index contributed by atoms with van der Waals surface area (Å²) in [7, 11) is 0. The molecule has 12 heteroatoms. The maximum absolute atomic E-state index is 12.2. The Kier molecular flexibility index (Phi) is 8.06. The second-order valence-electron chi connectivity index (χ2n) is 6.87. The Morgan fingerprint density at radius 3 is 2.48 bits per heavy atom. The van der Waals surface area contributed by atoms with Crippen LogP contribution in [0.2, 0.25) is 0 Å². The van der Waals surface area contributed by atoms with Crippen LogP contribution in [0.15, 0.2) is 29.3 Å². The average Bonchev–Trinajstić information content (AvgIpc) is 2.69. The number of hydrogen-bond donors (Lipinski definition) is 7. The highest BCUT2D eigenvalue weighted by atomic mass is 16.4. The van der Waals surface area contributed by atoms with Crippen molar-refractivity contribution in [3.8, 4) is 0 Å². The van der Waals surface area contributed by atoms with E-state index in [9.17, 15) is 19.2 Å². The summed E-state index contributed by atoms with van der Waals surface area (Å²) in [5, 5.41) is 32.9. The van der Waals surface area contributed by atoms with Crippen LogP contribution in [-0.2, 0) is 14.4 Å². The number of amides is 2. The minimum absolute atomic E-state index is 0.118. The average molecular weight is 432 g/mol. The SMILES string of the molecule is N=C1N=C(N)C(CCCNc2ccc(C(=O)N[C@@H](CCC(=O)O)C(=O)O)cc2)C(=O)N1. The lowest BCUT2D eigenvalue weighted by atomic mass is 10.00. The van der Waals surface area contributed by atoms with E-state index in [4.69, 9.17) is 21.4 Å². The molecule has 2 atom stereocenters. The maximum atomic E-state index is 12.2. The molecule has 31 heavy (non-hydrogen) atoms. The van der Waals surface area contributed by atoms with E-state index in [1.54, 1.807) is 12.1 Å². The van der Waals surface area contributed by atoms with E-state index >= 15 is 0 Å². The first-order valence-corrected chi connectivity index (χ1v) is 9.50. The molecule has 1 aromatic carbocycles. The van der Waals surface area contributed by atoms with E-state index in [2.05, 4.69) is 20.9 Å². The number of hydrogen-bond acceptors (Lipinski definition) is 7. The van der Waals surface area contributed by atoms with Gasteiger partial charge in [0.2, 0.25) is 11.9 Å². The molecule has 0 saturated heterocycles. The summed E-state index contributed by atoms with van der Waals surface area (Å²) in [5.74, 6) is -4.14. The lowest BCUT2D eigenvalue weighted by molar-refractivity contribution is -0.140. The predicted octanol–water partition coefficient (Wildman–Crippen LogP) is -0.0355. The fourth-order valence-corrected chi connectivity index (χ4v) is 2.90. The van der Waals surface area contributed by atoms with Gasteiger partial charge in [0.15, 0.2) is 0 Å². The first-order chi connectivity index (χ1) is 14.7. The Hall–Kier alpha value is -3.96. The first kappa shape index (κ1) is 23.3. The highest BCUT2D eigenvalue weighted by Gasteiger charge is 2.27. The van der Waals surface area contributed by atoms with Gasteiger partial charge in [-0.3, -0.25) is 25.1 Å². The molecule has 0 aliphatic carbocycles. The van der Waals surface area contributed by atoms with Gasteiger partial charge in [-0.05, 0) is 43.5 Å². The molecule has 8 N–H and O–H groups in total. The monoisotopic (exact) mass is 432 g/mol. The summed E-state index contributed by atoms with van der Waals surface area (Å²) in [6.07, 6.45) is 0.469. The van der Waals surface area contributed by atoms with Gasteiger partial charge in [0.25, 0.3) is 5.91 Å². The molecule has 1 aliphatic heterocycles. The Morgan fingerprint density at radius 1 is 1.23 bits per heavy atom. The molecule has 0 bridgehead atoms. The molecule has 166 valence electrons. The van der Waals surface area contributed by atoms with E-state index in [1.165, 1.54) is 12.1 Å². The first-order valence-electron chi connectivity index (χ1n) is 9.50. The van der Waals surface area contributed by atoms with Crippen LogP contribution >= 0.6 is 0 Å². The molecule has 1 unspecified atom stereocenters. The molecular formula is C19H24N6O6. The van der Waals surface area contributed by atoms with E-state index in [0.717, 1.165) is 0 Å². The second kappa shape index (κ2) is 10.7. The minimum atomic E-state index is -1.30. The third-order valence-corrected chi connectivity index (χ3v) is 4.55. The van der Waals surface area contributed by atoms with Crippen molar-refractivity contribution in [1.29, 1.82) is 5.41 Å². The van der Waals surface area contributed by atoms with Gasteiger partial charge < -0.3 is 26.6 Å². The van der Waals surface area contributed by atoms with Crippen LogP contribution in [0.3, 0.4) is 0 Å². The van der Waals surface area contributed by atoms with Crippen molar-refractivity contribution in [3.63, 3.8) is 0 Å². The summed E-state index contributed by atoms with van der Waals surface area (Å²) in [6.45, 7) is 0.524. The van der Waals surface area contributed by atoms with Crippen molar-refractivity contribution in [2.45, 2.75) is 31.7 Å². The van der Waals surface area contributed by atoms with Crippen LogP contribution in [0.25, 0.3) is 0 Å². The van der Waals surface area contributed by atoms with Gasteiger partial charge in [0.05, 0.1) is 5.92 Å². The highest BCUT2D eigenvalue weighted by Crippen LogP contribution is 2.13. The van der Waals surface area contributed by atoms with Crippen LogP contribution in [0, 0.1) is 11.3 Å². The number of nitrogens with two attached hydrogens (primary N) is 1. The number of aliphatic carboxylic acids is 2. The lowest BCUT2D eigenvalue weighted by Crippen LogP contribution is -2.46. The number of carbonyl (C=O) groups is 4. The van der Waals surface area contributed by atoms with E-state index < -0.39 is 29.8 Å². The molecule has 0 fully saturated rings. The molecule has 12 nitrogen and oxygen atoms in total. The third kappa shape index (κ3) is 7.10. The van der Waals surface area contributed by atoms with Gasteiger partial charge in [-0.15, -0.1) is 0 Å². The molecule has 1 heterocycles. The maximum Gasteiger partial charge on any atom is 0.326 e. The Morgan fingerprint density at radius 2 is 1.90 bits per heavy atom. The summed E-state index contributed by atoms with van der Waals surface area (Å²) < 4.78 is 0. The quantitative estimate of drug-likeness (QED) is 0.236. The number of carbonyl (C=O) groups excluding carboxylic acids is 2. The fourth-order valence-electron chi connectivity index (χ4n) is 2.90. The van der Waals surface area contributed by atoms with Crippen molar-refractivity contribution >= 4 is 41.2 Å². The summed E-state index contributed by atoms with van der Waals surface area (Å²) >= 11 is 0. The number of carboxylic acid groups (broad SMARTS) is 2. The summed E-state index contributed by atoms with van der Waals surface area (Å²) in [5.41, 5.74) is 6.66. The summed E-state index contributed by atoms with van der Waals surface area (Å²) in [6, 6.07) is 5.02. The molecule has 2 amide bonds. The molecule has 1 aliphatic rings. The van der Waals surface area contributed by atoms with Crippen LogP contribution in [0.1, 0.15) is 36.0 Å². The predicted molar refractivity (Wildman–Crippen MR) is 111 cm³/mol. The van der Waals surface area contributed by atoms with Crippen LogP contribution in [0.4, 0.5) is 5.69 Å². The minimum Gasteiger partial charge on any atom is -0.481 e. The Bertz CT molecular complexity index is 898.